The molecule has 0 aliphatic rings. The second-order valence-electron chi connectivity index (χ2n) is 16.5. The van der Waals surface area contributed by atoms with Gasteiger partial charge in [-0.25, -0.2) is 0 Å². The summed E-state index contributed by atoms with van der Waals surface area (Å²) in [5.74, 6) is 0.766. The highest BCUT2D eigenvalue weighted by Gasteiger charge is 2.38. The van der Waals surface area contributed by atoms with Crippen molar-refractivity contribution in [2.75, 3.05) is 7.11 Å². The fourth-order valence-electron chi connectivity index (χ4n) is 6.79. The third kappa shape index (κ3) is 19.1. The van der Waals surface area contributed by atoms with E-state index in [0.29, 0.717) is 19.3 Å². The van der Waals surface area contributed by atoms with Gasteiger partial charge in [-0.15, -0.1) is 23.5 Å². The molecule has 3 rings (SSSR count). The number of aliphatic hydroxyl groups excluding tert-OH is 1. The van der Waals surface area contributed by atoms with Crippen LogP contribution >= 0.6 is 23.5 Å². The Morgan fingerprint density at radius 2 is 1.11 bits per heavy atom. The first-order valence-electron chi connectivity index (χ1n) is 20.5. The molecule has 57 heavy (non-hydrogen) atoms. The van der Waals surface area contributed by atoms with Gasteiger partial charge in [-0.05, 0) is 149 Å². The van der Waals surface area contributed by atoms with Crippen LogP contribution in [0.4, 0.5) is 0 Å². The van der Waals surface area contributed by atoms with Gasteiger partial charge in [0.25, 0.3) is 0 Å². The molecule has 0 spiro atoms. The Bertz CT molecular complexity index is 1700. The first kappa shape index (κ1) is 48.3. The lowest BCUT2D eigenvalue weighted by molar-refractivity contribution is -0.123. The molecular weight excluding hydrogens is 745 g/mol. The molecule has 0 saturated carbocycles. The lowest BCUT2D eigenvalue weighted by atomic mass is 9.85. The Morgan fingerprint density at radius 1 is 0.649 bits per heavy atom. The standard InChI is InChI=1S/C50H70O5S2/c1-37(2)18-16-20-39(5)32-45(56-43-22-12-10-13-23-43)34-49(7,52)47(51)30-31-48(55-36-41-26-28-42(54-9)29-27-41)50(8,53)35-46(57-44-24-14-11-15-25-44)33-40(6)21-17-19-38(3)4/h10-15,18-19,22-29,32-33,45-48,51-53H,16-17,20-21,30-31,34-36H2,1-9H3/b39-32-,40-33-/t45?,46?,47-,48-,49+,50-/m0/s1. The molecule has 312 valence electrons. The van der Waals surface area contributed by atoms with Gasteiger partial charge in [0.05, 0.1) is 37.1 Å². The monoisotopic (exact) mass is 814 g/mol. The lowest BCUT2D eigenvalue weighted by Gasteiger charge is -2.37. The Balaban J connectivity index is 1.86. The molecule has 3 aromatic carbocycles. The summed E-state index contributed by atoms with van der Waals surface area (Å²) in [5.41, 5.74) is 3.49. The third-order valence-corrected chi connectivity index (χ3v) is 12.4. The number of aliphatic hydroxyl groups is 3. The third-order valence-electron chi connectivity index (χ3n) is 10.1. The summed E-state index contributed by atoms with van der Waals surface area (Å²) in [6.45, 7) is 16.7. The number of ether oxygens (including phenoxy) is 2. The molecule has 0 aliphatic heterocycles. The second-order valence-corrected chi connectivity index (χ2v) is 19.1. The molecule has 0 heterocycles. The van der Waals surface area contributed by atoms with Crippen molar-refractivity contribution < 1.29 is 24.8 Å². The number of hydrogen-bond acceptors (Lipinski definition) is 7. The molecular formula is C50H70O5S2. The highest BCUT2D eigenvalue weighted by Crippen LogP contribution is 2.37. The molecule has 3 N–H and O–H groups in total. The number of methoxy groups -OCH3 is 1. The van der Waals surface area contributed by atoms with E-state index in [1.54, 1.807) is 37.6 Å². The molecule has 0 aliphatic carbocycles. The van der Waals surface area contributed by atoms with E-state index in [-0.39, 0.29) is 23.5 Å². The first-order valence-corrected chi connectivity index (χ1v) is 22.2. The highest BCUT2D eigenvalue weighted by molar-refractivity contribution is 8.00. The van der Waals surface area contributed by atoms with E-state index in [1.807, 2.05) is 67.6 Å². The molecule has 0 aromatic heterocycles. The van der Waals surface area contributed by atoms with Gasteiger partial charge in [-0.3, -0.25) is 0 Å². The SMILES string of the molecule is COc1ccc(CO[C@@H](CC[C@H](O)[C@](C)(O)CC(/C=C(/C)CCC=C(C)C)Sc2ccccc2)[C@@](C)(O)CC(/C=C(/C)CCC=C(C)C)Sc2ccccc2)cc1. The highest BCUT2D eigenvalue weighted by atomic mass is 32.2. The zero-order valence-corrected chi connectivity index (χ0v) is 37.7. The molecule has 3 aromatic rings. The summed E-state index contributed by atoms with van der Waals surface area (Å²) >= 11 is 3.45. The van der Waals surface area contributed by atoms with Crippen molar-refractivity contribution in [3.8, 4) is 5.75 Å². The predicted molar refractivity (Wildman–Crippen MR) is 244 cm³/mol. The molecule has 0 bridgehead atoms. The van der Waals surface area contributed by atoms with Gasteiger partial charge in [0.1, 0.15) is 5.75 Å². The molecule has 2 unspecified atom stereocenters. The summed E-state index contributed by atoms with van der Waals surface area (Å²) in [6.07, 6.45) is 12.7. The zero-order chi connectivity index (χ0) is 41.8. The maximum atomic E-state index is 12.4. The van der Waals surface area contributed by atoms with Crippen molar-refractivity contribution in [1.29, 1.82) is 0 Å². The Morgan fingerprint density at radius 3 is 1.54 bits per heavy atom. The van der Waals surface area contributed by atoms with Crippen LogP contribution in [-0.4, -0.2) is 56.3 Å². The number of benzene rings is 3. The Labute approximate surface area is 353 Å². The maximum Gasteiger partial charge on any atom is 0.118 e. The Kier molecular flexibility index (Phi) is 21.0. The van der Waals surface area contributed by atoms with Crippen LogP contribution in [0.2, 0.25) is 0 Å². The molecule has 5 nitrogen and oxygen atoms in total. The van der Waals surface area contributed by atoms with Crippen molar-refractivity contribution in [1.82, 2.24) is 0 Å². The van der Waals surface area contributed by atoms with Crippen LogP contribution in [-0.2, 0) is 11.3 Å². The van der Waals surface area contributed by atoms with E-state index in [4.69, 9.17) is 9.47 Å². The zero-order valence-electron chi connectivity index (χ0n) is 36.0. The summed E-state index contributed by atoms with van der Waals surface area (Å²) < 4.78 is 12.0. The van der Waals surface area contributed by atoms with Gasteiger partial charge >= 0.3 is 0 Å². The van der Waals surface area contributed by atoms with E-state index in [9.17, 15) is 15.3 Å². The Hall–Kier alpha value is -3.04. The van der Waals surface area contributed by atoms with E-state index in [1.165, 1.54) is 22.3 Å². The van der Waals surface area contributed by atoms with Crippen molar-refractivity contribution in [3.63, 3.8) is 0 Å². The lowest BCUT2D eigenvalue weighted by Crippen LogP contribution is -2.46. The van der Waals surface area contributed by atoms with Gasteiger partial charge in [-0.2, -0.15) is 0 Å². The normalized spacial score (nSPS) is 16.4. The van der Waals surface area contributed by atoms with Crippen LogP contribution in [0.1, 0.15) is 112 Å². The summed E-state index contributed by atoms with van der Waals surface area (Å²) in [4.78, 5) is 2.26. The molecule has 0 radical (unpaired) electrons. The van der Waals surface area contributed by atoms with Crippen molar-refractivity contribution in [2.24, 2.45) is 0 Å². The summed E-state index contributed by atoms with van der Waals surface area (Å²) in [5, 5.41) is 36.0. The fraction of sp³-hybridized carbons (Fsp3) is 0.480. The molecule has 0 fully saturated rings. The van der Waals surface area contributed by atoms with Crippen molar-refractivity contribution in [3.05, 3.63) is 137 Å². The van der Waals surface area contributed by atoms with E-state index in [0.717, 1.165) is 46.8 Å². The van der Waals surface area contributed by atoms with Crippen molar-refractivity contribution in [2.45, 2.75) is 157 Å². The minimum absolute atomic E-state index is 0.0169. The van der Waals surface area contributed by atoms with E-state index in [2.05, 4.69) is 90.1 Å². The summed E-state index contributed by atoms with van der Waals surface area (Å²) in [6, 6.07) is 28.3. The van der Waals surface area contributed by atoms with Gasteiger partial charge in [-0.1, -0.05) is 95.1 Å². The van der Waals surface area contributed by atoms with Crippen LogP contribution in [0.3, 0.4) is 0 Å². The van der Waals surface area contributed by atoms with Crippen LogP contribution in [0.15, 0.2) is 141 Å². The number of allylic oxidation sites excluding steroid dienone is 6. The average Bonchev–Trinajstić information content (AvgIpc) is 3.14. The van der Waals surface area contributed by atoms with Crippen LogP contribution in [0.5, 0.6) is 5.75 Å². The minimum atomic E-state index is -1.38. The van der Waals surface area contributed by atoms with Gasteiger partial charge in [0.2, 0.25) is 0 Å². The molecule has 0 saturated heterocycles. The van der Waals surface area contributed by atoms with Crippen LogP contribution < -0.4 is 4.74 Å². The van der Waals surface area contributed by atoms with Crippen LogP contribution in [0, 0.1) is 0 Å². The predicted octanol–water partition coefficient (Wildman–Crippen LogP) is 12.7. The van der Waals surface area contributed by atoms with Crippen LogP contribution in [0.25, 0.3) is 0 Å². The number of hydrogen-bond donors (Lipinski definition) is 3. The molecule has 7 heteroatoms. The maximum absolute atomic E-state index is 12.4. The van der Waals surface area contributed by atoms with E-state index >= 15 is 0 Å². The smallest absolute Gasteiger partial charge is 0.118 e. The fourth-order valence-corrected chi connectivity index (χ4v) is 9.56. The van der Waals surface area contributed by atoms with E-state index < -0.39 is 23.4 Å². The quantitative estimate of drug-likeness (QED) is 0.0581. The first-order chi connectivity index (χ1) is 27.1. The van der Waals surface area contributed by atoms with Gasteiger partial charge in [0, 0.05) is 20.3 Å². The largest absolute Gasteiger partial charge is 0.497 e. The average molecular weight is 815 g/mol. The van der Waals surface area contributed by atoms with Gasteiger partial charge < -0.3 is 24.8 Å². The molecule has 6 atom stereocenters. The van der Waals surface area contributed by atoms with Crippen molar-refractivity contribution >= 4 is 23.5 Å². The summed E-state index contributed by atoms with van der Waals surface area (Å²) in [7, 11) is 1.65. The molecule has 0 amide bonds. The number of thioether (sulfide) groups is 2. The minimum Gasteiger partial charge on any atom is -0.497 e. The number of rotatable bonds is 25. The van der Waals surface area contributed by atoms with Gasteiger partial charge in [0.15, 0.2) is 0 Å². The second kappa shape index (κ2) is 24.8. The topological polar surface area (TPSA) is 79.2 Å².